The van der Waals surface area contributed by atoms with E-state index in [2.05, 4.69) is 37.0 Å². The first-order chi connectivity index (χ1) is 13.8. The zero-order chi connectivity index (χ0) is 18.9. The third-order valence-electron chi connectivity index (χ3n) is 4.95. The number of fused-ring (bicyclic) bond motifs is 1. The summed E-state index contributed by atoms with van der Waals surface area (Å²) >= 11 is 1.60. The Morgan fingerprint density at radius 3 is 2.39 bits per heavy atom. The van der Waals surface area contributed by atoms with Crippen molar-refractivity contribution in [2.24, 2.45) is 0 Å². The van der Waals surface area contributed by atoms with E-state index >= 15 is 0 Å². The maximum atomic E-state index is 13.0. The molecule has 1 aliphatic heterocycles. The third kappa shape index (κ3) is 3.33. The van der Waals surface area contributed by atoms with Crippen LogP contribution < -0.4 is 4.90 Å². The Morgan fingerprint density at radius 1 is 0.821 bits per heavy atom. The topological polar surface area (TPSA) is 54.8 Å². The van der Waals surface area contributed by atoms with E-state index in [9.17, 15) is 4.39 Å². The van der Waals surface area contributed by atoms with Crippen LogP contribution in [0.5, 0.6) is 0 Å². The van der Waals surface area contributed by atoms with Gasteiger partial charge in [-0.15, -0.1) is 11.3 Å². The minimum absolute atomic E-state index is 0.499. The zero-order valence-electron chi connectivity index (χ0n) is 15.2. The minimum atomic E-state index is -0.499. The molecule has 0 saturated carbocycles. The summed E-state index contributed by atoms with van der Waals surface area (Å²) in [5, 5.41) is 0.898. The number of halogens is 1. The molecule has 0 unspecified atom stereocenters. The predicted molar refractivity (Wildman–Crippen MR) is 110 cm³/mol. The van der Waals surface area contributed by atoms with Crippen LogP contribution in [0.4, 0.5) is 10.2 Å². The standard InChI is InChI=1S/C21H18FN5S/c22-18-8-4-14(12-23-18)16-6-7-17-20(25-16)26-21(28-17)15-5-9-19(24-13-15)27-10-2-1-3-11-27/h4-9,12-13H,1-3,10-11H2. The molecule has 0 N–H and O–H groups in total. The third-order valence-corrected chi connectivity index (χ3v) is 6.01. The van der Waals surface area contributed by atoms with Crippen molar-refractivity contribution in [2.45, 2.75) is 19.3 Å². The van der Waals surface area contributed by atoms with Gasteiger partial charge in [-0.3, -0.25) is 0 Å². The lowest BCUT2D eigenvalue weighted by Gasteiger charge is -2.27. The van der Waals surface area contributed by atoms with Gasteiger partial charge in [0.1, 0.15) is 10.8 Å². The Bertz CT molecular complexity index is 1100. The SMILES string of the molecule is Fc1ccc(-c2ccc3sc(-c4ccc(N5CCCCC5)nc4)nc3n2)cn1. The first-order valence-electron chi connectivity index (χ1n) is 9.37. The van der Waals surface area contributed by atoms with Crippen molar-refractivity contribution in [2.75, 3.05) is 18.0 Å². The van der Waals surface area contributed by atoms with Gasteiger partial charge in [-0.1, -0.05) is 0 Å². The van der Waals surface area contributed by atoms with Gasteiger partial charge in [-0.2, -0.15) is 4.39 Å². The lowest BCUT2D eigenvalue weighted by Crippen LogP contribution is -2.29. The molecule has 140 valence electrons. The monoisotopic (exact) mass is 391 g/mol. The van der Waals surface area contributed by atoms with Gasteiger partial charge in [0, 0.05) is 36.6 Å². The van der Waals surface area contributed by atoms with Crippen molar-refractivity contribution in [3.63, 3.8) is 0 Å². The maximum Gasteiger partial charge on any atom is 0.212 e. The quantitative estimate of drug-likeness (QED) is 0.463. The zero-order valence-corrected chi connectivity index (χ0v) is 16.0. The summed E-state index contributed by atoms with van der Waals surface area (Å²) in [6.07, 6.45) is 7.16. The Kier molecular flexibility index (Phi) is 4.44. The van der Waals surface area contributed by atoms with Crippen molar-refractivity contribution in [3.05, 3.63) is 54.7 Å². The van der Waals surface area contributed by atoms with Gasteiger partial charge in [-0.25, -0.2) is 19.9 Å². The summed E-state index contributed by atoms with van der Waals surface area (Å²) < 4.78 is 14.1. The summed E-state index contributed by atoms with van der Waals surface area (Å²) in [6.45, 7) is 2.16. The van der Waals surface area contributed by atoms with Crippen molar-refractivity contribution < 1.29 is 4.39 Å². The highest BCUT2D eigenvalue weighted by atomic mass is 32.1. The van der Waals surface area contributed by atoms with Crippen molar-refractivity contribution >= 4 is 27.5 Å². The number of anilines is 1. The van der Waals surface area contributed by atoms with E-state index in [4.69, 9.17) is 0 Å². The van der Waals surface area contributed by atoms with Crippen molar-refractivity contribution in [1.29, 1.82) is 0 Å². The molecule has 0 radical (unpaired) electrons. The van der Waals surface area contributed by atoms with Crippen LogP contribution in [-0.2, 0) is 0 Å². The average molecular weight is 391 g/mol. The van der Waals surface area contributed by atoms with Crippen LogP contribution in [0.25, 0.3) is 32.2 Å². The fraction of sp³-hybridized carbons (Fsp3) is 0.238. The van der Waals surface area contributed by atoms with Crippen LogP contribution in [0.3, 0.4) is 0 Å². The molecule has 0 bridgehead atoms. The molecule has 4 aromatic rings. The van der Waals surface area contributed by atoms with E-state index in [-0.39, 0.29) is 0 Å². The van der Waals surface area contributed by atoms with Gasteiger partial charge in [-0.05, 0) is 55.7 Å². The molecule has 0 amide bonds. The van der Waals surface area contributed by atoms with Gasteiger partial charge in [0.2, 0.25) is 5.95 Å². The van der Waals surface area contributed by atoms with Gasteiger partial charge in [0.15, 0.2) is 5.65 Å². The number of piperidine rings is 1. The van der Waals surface area contributed by atoms with Crippen LogP contribution in [0.1, 0.15) is 19.3 Å². The predicted octanol–water partition coefficient (Wildman–Crippen LogP) is 4.94. The summed E-state index contributed by atoms with van der Waals surface area (Å²) in [6, 6.07) is 11.1. The van der Waals surface area contributed by atoms with E-state index in [1.807, 2.05) is 18.3 Å². The second kappa shape index (κ2) is 7.24. The fourth-order valence-corrected chi connectivity index (χ4v) is 4.35. The van der Waals surface area contributed by atoms with Crippen LogP contribution in [0, 0.1) is 5.95 Å². The normalized spacial score (nSPS) is 14.5. The molecule has 0 aliphatic carbocycles. The highest BCUT2D eigenvalue weighted by Crippen LogP contribution is 2.31. The molecule has 5 nitrogen and oxygen atoms in total. The molecule has 5 heterocycles. The average Bonchev–Trinajstić information content (AvgIpc) is 3.18. The molecule has 1 aliphatic rings. The summed E-state index contributed by atoms with van der Waals surface area (Å²) in [7, 11) is 0. The number of hydrogen-bond acceptors (Lipinski definition) is 6. The number of thiazole rings is 1. The Labute approximate surface area is 165 Å². The Hall–Kier alpha value is -2.93. The number of pyridine rings is 3. The molecular formula is C21H18FN5S. The van der Waals surface area contributed by atoms with E-state index in [0.717, 1.165) is 45.4 Å². The lowest BCUT2D eigenvalue weighted by molar-refractivity contribution is 0.573. The summed E-state index contributed by atoms with van der Waals surface area (Å²) in [4.78, 5) is 20.0. The highest BCUT2D eigenvalue weighted by Gasteiger charge is 2.14. The summed E-state index contributed by atoms with van der Waals surface area (Å²) in [5.41, 5.74) is 3.18. The second-order valence-electron chi connectivity index (χ2n) is 6.86. The molecule has 4 aromatic heterocycles. The number of aromatic nitrogens is 4. The van der Waals surface area contributed by atoms with Crippen LogP contribution in [0.2, 0.25) is 0 Å². The highest BCUT2D eigenvalue weighted by molar-refractivity contribution is 7.21. The molecule has 1 fully saturated rings. The summed E-state index contributed by atoms with van der Waals surface area (Å²) in [5.74, 6) is 0.537. The Balaban J connectivity index is 1.43. The van der Waals surface area contributed by atoms with Gasteiger partial charge in [0.25, 0.3) is 0 Å². The van der Waals surface area contributed by atoms with Gasteiger partial charge in [0.05, 0.1) is 10.4 Å². The van der Waals surface area contributed by atoms with Crippen molar-refractivity contribution in [3.8, 4) is 21.8 Å². The largest absolute Gasteiger partial charge is 0.357 e. The molecule has 28 heavy (non-hydrogen) atoms. The molecule has 1 saturated heterocycles. The second-order valence-corrected chi connectivity index (χ2v) is 7.89. The van der Waals surface area contributed by atoms with Gasteiger partial charge >= 0.3 is 0 Å². The van der Waals surface area contributed by atoms with Crippen molar-refractivity contribution in [1.82, 2.24) is 19.9 Å². The number of hydrogen-bond donors (Lipinski definition) is 0. The van der Waals surface area contributed by atoms with E-state index in [1.165, 1.54) is 31.5 Å². The van der Waals surface area contributed by atoms with E-state index < -0.39 is 5.95 Å². The first-order valence-corrected chi connectivity index (χ1v) is 10.2. The van der Waals surface area contributed by atoms with E-state index in [0.29, 0.717) is 5.65 Å². The minimum Gasteiger partial charge on any atom is -0.357 e. The van der Waals surface area contributed by atoms with Crippen LogP contribution >= 0.6 is 11.3 Å². The number of nitrogens with zero attached hydrogens (tertiary/aromatic N) is 5. The van der Waals surface area contributed by atoms with E-state index in [1.54, 1.807) is 17.4 Å². The first kappa shape index (κ1) is 17.2. The maximum absolute atomic E-state index is 13.0. The number of rotatable bonds is 3. The smallest absolute Gasteiger partial charge is 0.212 e. The van der Waals surface area contributed by atoms with Crippen LogP contribution in [-0.4, -0.2) is 33.0 Å². The van der Waals surface area contributed by atoms with Crippen LogP contribution in [0.15, 0.2) is 48.8 Å². The molecule has 0 spiro atoms. The molecule has 5 rings (SSSR count). The molecule has 7 heteroatoms. The Morgan fingerprint density at radius 2 is 1.64 bits per heavy atom. The van der Waals surface area contributed by atoms with Gasteiger partial charge < -0.3 is 4.90 Å². The molecule has 0 aromatic carbocycles. The molecular weight excluding hydrogens is 373 g/mol. The molecule has 0 atom stereocenters. The fourth-order valence-electron chi connectivity index (χ4n) is 3.45. The lowest BCUT2D eigenvalue weighted by atomic mass is 10.1.